The first-order valence-electron chi connectivity index (χ1n) is 7.07. The van der Waals surface area contributed by atoms with Gasteiger partial charge in [-0.3, -0.25) is 4.68 Å². The molecule has 106 valence electrons. The van der Waals surface area contributed by atoms with Crippen LogP contribution < -0.4 is 5.32 Å². The number of anilines is 1. The Hall–Kier alpha value is -1.29. The van der Waals surface area contributed by atoms with Crippen molar-refractivity contribution in [2.24, 2.45) is 7.05 Å². The highest BCUT2D eigenvalue weighted by atomic mass is 79.9. The fraction of sp³-hybridized carbons (Fsp3) is 0.438. The molecular formula is C16H20BrN3. The Morgan fingerprint density at radius 1 is 1.30 bits per heavy atom. The normalized spacial score (nSPS) is 21.6. The number of rotatable bonds is 3. The van der Waals surface area contributed by atoms with E-state index in [4.69, 9.17) is 0 Å². The molecule has 0 aliphatic heterocycles. The van der Waals surface area contributed by atoms with E-state index in [-0.39, 0.29) is 0 Å². The maximum absolute atomic E-state index is 4.46. The second-order valence-corrected chi connectivity index (χ2v) is 6.65. The van der Waals surface area contributed by atoms with Crippen LogP contribution in [0.4, 0.5) is 5.69 Å². The minimum Gasteiger partial charge on any atom is -0.379 e. The number of benzene rings is 1. The molecular weight excluding hydrogens is 314 g/mol. The number of hydrogen-bond donors (Lipinski definition) is 1. The Morgan fingerprint density at radius 2 is 2.05 bits per heavy atom. The van der Waals surface area contributed by atoms with E-state index < -0.39 is 0 Å². The summed E-state index contributed by atoms with van der Waals surface area (Å²) in [7, 11) is 2.00. The van der Waals surface area contributed by atoms with E-state index in [0.29, 0.717) is 12.0 Å². The zero-order valence-corrected chi connectivity index (χ0v) is 13.7. The van der Waals surface area contributed by atoms with Gasteiger partial charge in [0, 0.05) is 17.6 Å². The lowest BCUT2D eigenvalue weighted by Crippen LogP contribution is -2.34. The lowest BCUT2D eigenvalue weighted by atomic mass is 9.76. The monoisotopic (exact) mass is 333 g/mol. The second-order valence-electron chi connectivity index (χ2n) is 5.73. The Morgan fingerprint density at radius 3 is 2.65 bits per heavy atom. The Kier molecular flexibility index (Phi) is 3.59. The molecule has 2 aromatic rings. The maximum Gasteiger partial charge on any atom is 0.0827 e. The summed E-state index contributed by atoms with van der Waals surface area (Å²) >= 11 is 3.55. The van der Waals surface area contributed by atoms with E-state index in [9.17, 15) is 0 Å². The predicted molar refractivity (Wildman–Crippen MR) is 86.2 cm³/mol. The maximum atomic E-state index is 4.46. The predicted octanol–water partition coefficient (Wildman–Crippen LogP) is 4.16. The van der Waals surface area contributed by atoms with Crippen molar-refractivity contribution < 1.29 is 0 Å². The van der Waals surface area contributed by atoms with Crippen molar-refractivity contribution in [3.05, 3.63) is 45.7 Å². The van der Waals surface area contributed by atoms with Crippen LogP contribution in [0, 0.1) is 13.8 Å². The van der Waals surface area contributed by atoms with Crippen LogP contribution in [0.25, 0.3) is 0 Å². The molecule has 1 aliphatic rings. The smallest absolute Gasteiger partial charge is 0.0827 e. The zero-order chi connectivity index (χ0) is 14.3. The van der Waals surface area contributed by atoms with Crippen molar-refractivity contribution in [1.82, 2.24) is 9.78 Å². The highest BCUT2D eigenvalue weighted by Gasteiger charge is 2.31. The van der Waals surface area contributed by atoms with Crippen LogP contribution in [-0.4, -0.2) is 15.8 Å². The second kappa shape index (κ2) is 5.24. The van der Waals surface area contributed by atoms with Gasteiger partial charge in [-0.05, 0) is 50.3 Å². The molecule has 0 radical (unpaired) electrons. The number of aryl methyl sites for hydroxylation is 2. The van der Waals surface area contributed by atoms with E-state index in [1.165, 1.54) is 34.3 Å². The van der Waals surface area contributed by atoms with E-state index in [1.807, 2.05) is 11.7 Å². The molecule has 1 saturated carbocycles. The third kappa shape index (κ3) is 2.49. The summed E-state index contributed by atoms with van der Waals surface area (Å²) in [6, 6.07) is 9.24. The standard InChI is InChI=1S/C16H20BrN3/c1-10-16(11(2)20(3)19-10)18-15-8-13(9-15)12-5-4-6-14(17)7-12/h4-7,13,15,18H,8-9H2,1-3H3. The van der Waals surface area contributed by atoms with Crippen molar-refractivity contribution in [3.8, 4) is 0 Å². The van der Waals surface area contributed by atoms with Gasteiger partial charge in [0.05, 0.1) is 17.1 Å². The molecule has 0 atom stereocenters. The molecule has 0 amide bonds. The number of nitrogens with zero attached hydrogens (tertiary/aromatic N) is 2. The van der Waals surface area contributed by atoms with Gasteiger partial charge >= 0.3 is 0 Å². The summed E-state index contributed by atoms with van der Waals surface area (Å²) in [6.07, 6.45) is 2.40. The summed E-state index contributed by atoms with van der Waals surface area (Å²) in [5.41, 5.74) is 4.96. The summed E-state index contributed by atoms with van der Waals surface area (Å²) < 4.78 is 3.12. The van der Waals surface area contributed by atoms with Gasteiger partial charge in [-0.1, -0.05) is 28.1 Å². The van der Waals surface area contributed by atoms with E-state index in [0.717, 1.165) is 5.69 Å². The number of nitrogens with one attached hydrogen (secondary N) is 1. The Labute approximate surface area is 128 Å². The van der Waals surface area contributed by atoms with Crippen molar-refractivity contribution in [2.75, 3.05) is 5.32 Å². The fourth-order valence-corrected chi connectivity index (χ4v) is 3.37. The average molecular weight is 334 g/mol. The zero-order valence-electron chi connectivity index (χ0n) is 12.2. The van der Waals surface area contributed by atoms with Gasteiger partial charge in [0.2, 0.25) is 0 Å². The summed E-state index contributed by atoms with van der Waals surface area (Å²) in [5, 5.41) is 8.11. The molecule has 0 unspecified atom stereocenters. The molecule has 1 aliphatic carbocycles. The Bertz CT molecular complexity index is 627. The summed E-state index contributed by atoms with van der Waals surface area (Å²) in [6.45, 7) is 4.19. The first kappa shape index (κ1) is 13.7. The van der Waals surface area contributed by atoms with Gasteiger partial charge in [0.15, 0.2) is 0 Å². The lowest BCUT2D eigenvalue weighted by Gasteiger charge is -2.37. The molecule has 3 rings (SSSR count). The van der Waals surface area contributed by atoms with Crippen molar-refractivity contribution >= 4 is 21.6 Å². The molecule has 0 saturated heterocycles. The molecule has 0 spiro atoms. The van der Waals surface area contributed by atoms with Crippen LogP contribution in [0.5, 0.6) is 0 Å². The molecule has 1 aromatic heterocycles. The minimum atomic E-state index is 0.570. The Balaban J connectivity index is 1.64. The minimum absolute atomic E-state index is 0.570. The van der Waals surface area contributed by atoms with Crippen LogP contribution in [0.15, 0.2) is 28.7 Å². The van der Waals surface area contributed by atoms with Gasteiger partial charge in [0.1, 0.15) is 0 Å². The largest absolute Gasteiger partial charge is 0.379 e. The first-order chi connectivity index (χ1) is 9.54. The number of hydrogen-bond acceptors (Lipinski definition) is 2. The lowest BCUT2D eigenvalue weighted by molar-refractivity contribution is 0.374. The van der Waals surface area contributed by atoms with Gasteiger partial charge in [-0.15, -0.1) is 0 Å². The van der Waals surface area contributed by atoms with Gasteiger partial charge in [-0.25, -0.2) is 0 Å². The molecule has 0 bridgehead atoms. The molecule has 1 fully saturated rings. The molecule has 1 N–H and O–H groups in total. The van der Waals surface area contributed by atoms with Gasteiger partial charge in [-0.2, -0.15) is 5.10 Å². The van der Waals surface area contributed by atoms with Crippen LogP contribution >= 0.6 is 15.9 Å². The van der Waals surface area contributed by atoms with Crippen LogP contribution in [0.3, 0.4) is 0 Å². The van der Waals surface area contributed by atoms with E-state index in [2.05, 4.69) is 64.5 Å². The third-order valence-corrected chi connectivity index (χ3v) is 4.81. The number of aromatic nitrogens is 2. The molecule has 3 nitrogen and oxygen atoms in total. The molecule has 1 heterocycles. The molecule has 4 heteroatoms. The highest BCUT2D eigenvalue weighted by Crippen LogP contribution is 2.39. The highest BCUT2D eigenvalue weighted by molar-refractivity contribution is 9.10. The first-order valence-corrected chi connectivity index (χ1v) is 7.86. The number of halogens is 1. The third-order valence-electron chi connectivity index (χ3n) is 4.32. The van der Waals surface area contributed by atoms with Gasteiger partial charge in [0.25, 0.3) is 0 Å². The SMILES string of the molecule is Cc1nn(C)c(C)c1NC1CC(c2cccc(Br)c2)C1. The topological polar surface area (TPSA) is 29.9 Å². The summed E-state index contributed by atoms with van der Waals surface area (Å²) in [4.78, 5) is 0. The van der Waals surface area contributed by atoms with Crippen molar-refractivity contribution in [1.29, 1.82) is 0 Å². The van der Waals surface area contributed by atoms with E-state index >= 15 is 0 Å². The summed E-state index contributed by atoms with van der Waals surface area (Å²) in [5.74, 6) is 0.683. The van der Waals surface area contributed by atoms with Crippen molar-refractivity contribution in [3.63, 3.8) is 0 Å². The van der Waals surface area contributed by atoms with Crippen LogP contribution in [0.1, 0.15) is 35.7 Å². The van der Waals surface area contributed by atoms with E-state index in [1.54, 1.807) is 0 Å². The van der Waals surface area contributed by atoms with Crippen LogP contribution in [0.2, 0.25) is 0 Å². The molecule has 1 aromatic carbocycles. The van der Waals surface area contributed by atoms with Gasteiger partial charge < -0.3 is 5.32 Å². The van der Waals surface area contributed by atoms with Crippen LogP contribution in [-0.2, 0) is 7.05 Å². The molecule has 20 heavy (non-hydrogen) atoms. The average Bonchev–Trinajstić information content (AvgIpc) is 2.58. The van der Waals surface area contributed by atoms with Crippen molar-refractivity contribution in [2.45, 2.75) is 38.6 Å². The quantitative estimate of drug-likeness (QED) is 0.913. The fourth-order valence-electron chi connectivity index (χ4n) is 2.96.